The third-order valence-electron chi connectivity index (χ3n) is 5.82. The van der Waals surface area contributed by atoms with E-state index in [0.717, 1.165) is 28.0 Å². The molecule has 0 radical (unpaired) electrons. The Hall–Kier alpha value is -3.36. The van der Waals surface area contributed by atoms with Crippen LogP contribution in [0.25, 0.3) is 0 Å². The van der Waals surface area contributed by atoms with Crippen molar-refractivity contribution in [2.45, 2.75) is 58.4 Å². The minimum atomic E-state index is -5.19. The molecule has 1 aliphatic heterocycles. The van der Waals surface area contributed by atoms with E-state index in [1.807, 2.05) is 20.8 Å². The number of hydrogen-bond donors (Lipinski definition) is 3. The van der Waals surface area contributed by atoms with E-state index in [2.05, 4.69) is 17.7 Å². The lowest BCUT2D eigenvalue weighted by molar-refractivity contribution is -0.924. The van der Waals surface area contributed by atoms with Crippen LogP contribution in [0.15, 0.2) is 24.3 Å². The Labute approximate surface area is 244 Å². The number of alkyl halides is 3. The number of carbonyl (C=O) groups is 4. The van der Waals surface area contributed by atoms with Crippen LogP contribution in [0.2, 0.25) is 5.02 Å². The number of nitrogens with zero attached hydrogens (tertiary/aromatic N) is 1. The van der Waals surface area contributed by atoms with Gasteiger partial charge in [0.1, 0.15) is 23.1 Å². The number of quaternary nitrogens is 1. The number of carboxylic acids is 1. The molecule has 226 valence electrons. The van der Waals surface area contributed by atoms with E-state index in [0.29, 0.717) is 47.1 Å². The van der Waals surface area contributed by atoms with E-state index in [9.17, 15) is 27.6 Å². The van der Waals surface area contributed by atoms with Crippen molar-refractivity contribution >= 4 is 57.5 Å². The molecule has 0 saturated heterocycles. The summed E-state index contributed by atoms with van der Waals surface area (Å²) in [5.41, 5.74) is 7.07. The van der Waals surface area contributed by atoms with E-state index in [-0.39, 0.29) is 5.97 Å². The molecule has 0 saturated carbocycles. The Morgan fingerprint density at radius 1 is 1.12 bits per heavy atom. The summed E-state index contributed by atoms with van der Waals surface area (Å²) in [6.45, 7) is 7.91. The molecule has 0 fully saturated rings. The van der Waals surface area contributed by atoms with Gasteiger partial charge in [-0.2, -0.15) is 13.2 Å². The molecular weight excluding hydrogens is 589 g/mol. The molecule has 2 heterocycles. The number of hydrogen-bond acceptors (Lipinski definition) is 7. The van der Waals surface area contributed by atoms with Crippen LogP contribution in [0.5, 0.6) is 0 Å². The number of fused-ring (bicyclic) bond motifs is 1. The van der Waals surface area contributed by atoms with Gasteiger partial charge in [-0.3, -0.25) is 14.9 Å². The van der Waals surface area contributed by atoms with E-state index in [1.165, 1.54) is 11.3 Å². The third kappa shape index (κ3) is 10.9. The number of nitrogens with two attached hydrogens (primary N) is 1. The molecule has 41 heavy (non-hydrogen) atoms. The van der Waals surface area contributed by atoms with E-state index in [4.69, 9.17) is 32.0 Å². The highest BCUT2D eigenvalue weighted by Gasteiger charge is 2.35. The summed E-state index contributed by atoms with van der Waals surface area (Å²) in [5, 5.41) is 15.3. The number of benzene rings is 1. The first-order valence-corrected chi connectivity index (χ1v) is 13.6. The average molecular weight is 621 g/mol. The molecule has 1 aromatic carbocycles. The molecule has 15 heteroatoms. The van der Waals surface area contributed by atoms with Crippen LogP contribution in [0.1, 0.15) is 54.4 Å². The molecule has 1 atom stereocenters. The van der Waals surface area contributed by atoms with Crippen LogP contribution in [-0.2, 0) is 27.3 Å². The predicted molar refractivity (Wildman–Crippen MR) is 146 cm³/mol. The van der Waals surface area contributed by atoms with Crippen LogP contribution in [0.4, 0.5) is 28.7 Å². The van der Waals surface area contributed by atoms with Crippen LogP contribution in [-0.4, -0.2) is 60.3 Å². The predicted octanol–water partition coefficient (Wildman–Crippen LogP) is 4.07. The van der Waals surface area contributed by atoms with Gasteiger partial charge in [0.05, 0.1) is 37.0 Å². The standard InChI is InChI=1S/C24H31ClN4O4S.C2HF3O2/c1-24(2,3)33-19(30)6-5-12-29(4)13-11-17-18(14-29)34-22(20(17)21(26)31)28-23(32)27-16-9-7-15(25)8-10-16;3-2(4,5)1(6)7/h7-10H,5-6,11-14H2,1-4H3,(H3-,26,27,28,31,32);(H,6,7). The van der Waals surface area contributed by atoms with Gasteiger partial charge in [0, 0.05) is 23.6 Å². The summed E-state index contributed by atoms with van der Waals surface area (Å²) in [5.74, 6) is -3.75. The number of nitrogens with one attached hydrogen (secondary N) is 2. The molecule has 3 amide bonds. The molecule has 1 aliphatic rings. The van der Waals surface area contributed by atoms with Crippen molar-refractivity contribution in [3.8, 4) is 0 Å². The molecule has 2 aromatic rings. The molecule has 1 unspecified atom stereocenters. The highest BCUT2D eigenvalue weighted by molar-refractivity contribution is 7.17. The zero-order valence-electron chi connectivity index (χ0n) is 22.9. The lowest BCUT2D eigenvalue weighted by atomic mass is 10.0. The number of halogens is 4. The quantitative estimate of drug-likeness (QED) is 0.314. The number of primary amides is 1. The Balaban J connectivity index is 0.000000745. The average Bonchev–Trinajstić information content (AvgIpc) is 3.15. The third-order valence-corrected chi connectivity index (χ3v) is 7.21. The Morgan fingerprint density at radius 2 is 1.71 bits per heavy atom. The van der Waals surface area contributed by atoms with E-state index in [1.54, 1.807) is 24.3 Å². The number of carboxylic acid groups (broad SMARTS) is 1. The minimum absolute atomic E-state index is 0.192. The normalized spacial score (nSPS) is 16.5. The fraction of sp³-hybridized carbons (Fsp3) is 0.462. The van der Waals surface area contributed by atoms with Gasteiger partial charge in [0.15, 0.2) is 0 Å². The van der Waals surface area contributed by atoms with Gasteiger partial charge in [-0.1, -0.05) is 11.6 Å². The Bertz CT molecular complexity index is 1280. The molecule has 0 spiro atoms. The van der Waals surface area contributed by atoms with Gasteiger partial charge in [0.25, 0.3) is 5.91 Å². The number of carbonyl (C=O) groups excluding carboxylic acids is 4. The van der Waals surface area contributed by atoms with Crippen LogP contribution in [0.3, 0.4) is 0 Å². The second kappa shape index (κ2) is 13.5. The minimum Gasteiger partial charge on any atom is -0.542 e. The maximum atomic E-state index is 12.5. The Kier molecular flexibility index (Phi) is 11.2. The van der Waals surface area contributed by atoms with Gasteiger partial charge in [-0.05, 0) is 50.6 Å². The van der Waals surface area contributed by atoms with Crippen LogP contribution in [0, 0.1) is 0 Å². The van der Waals surface area contributed by atoms with Gasteiger partial charge in [-0.15, -0.1) is 11.3 Å². The maximum absolute atomic E-state index is 12.5. The topological polar surface area (TPSA) is 151 Å². The number of esters is 1. The summed E-state index contributed by atoms with van der Waals surface area (Å²) in [6, 6.07) is 6.28. The van der Waals surface area contributed by atoms with Crippen molar-refractivity contribution in [2.24, 2.45) is 5.73 Å². The highest BCUT2D eigenvalue weighted by Crippen LogP contribution is 2.39. The van der Waals surface area contributed by atoms with Crippen molar-refractivity contribution < 1.29 is 46.7 Å². The van der Waals surface area contributed by atoms with E-state index < -0.39 is 29.7 Å². The molecule has 10 nitrogen and oxygen atoms in total. The second-order valence-electron chi connectivity index (χ2n) is 10.6. The summed E-state index contributed by atoms with van der Waals surface area (Å²) < 4.78 is 37.7. The van der Waals surface area contributed by atoms with Crippen molar-refractivity contribution in [1.29, 1.82) is 0 Å². The van der Waals surface area contributed by atoms with Crippen molar-refractivity contribution in [3.05, 3.63) is 45.3 Å². The highest BCUT2D eigenvalue weighted by atomic mass is 35.5. The first-order chi connectivity index (χ1) is 18.8. The van der Waals surface area contributed by atoms with Crippen molar-refractivity contribution in [3.63, 3.8) is 0 Å². The number of amides is 3. The fourth-order valence-corrected chi connectivity index (χ4v) is 5.59. The van der Waals surface area contributed by atoms with E-state index >= 15 is 0 Å². The lowest BCUT2D eigenvalue weighted by Crippen LogP contribution is -2.48. The molecule has 1 aromatic heterocycles. The van der Waals surface area contributed by atoms with Crippen molar-refractivity contribution in [1.82, 2.24) is 0 Å². The summed E-state index contributed by atoms with van der Waals surface area (Å²) in [4.78, 5) is 46.6. The lowest BCUT2D eigenvalue weighted by Gasteiger charge is -2.37. The summed E-state index contributed by atoms with van der Waals surface area (Å²) in [7, 11) is 2.14. The number of likely N-dealkylation sites (N-methyl/N-ethyl adjacent to an activating group) is 1. The fourth-order valence-electron chi connectivity index (χ4n) is 4.05. The maximum Gasteiger partial charge on any atom is 0.430 e. The first-order valence-electron chi connectivity index (χ1n) is 12.4. The van der Waals surface area contributed by atoms with Gasteiger partial charge in [-0.25, -0.2) is 4.79 Å². The van der Waals surface area contributed by atoms with Crippen LogP contribution >= 0.6 is 22.9 Å². The SMILES string of the molecule is CC(C)(C)OC(=O)CCC[N+]1(C)CCc2c(sc(NC(=O)Nc3ccc(Cl)cc3)c2C(N)=O)C1.O=C([O-])C(F)(F)F. The molecular formula is C26H32ClF3N4O6S. The number of aliphatic carboxylic acids is 1. The number of urea groups is 1. The molecule has 0 bridgehead atoms. The zero-order chi connectivity index (χ0) is 31.2. The Morgan fingerprint density at radius 3 is 2.22 bits per heavy atom. The largest absolute Gasteiger partial charge is 0.542 e. The number of thiophene rings is 1. The van der Waals surface area contributed by atoms with Gasteiger partial charge in [0.2, 0.25) is 0 Å². The molecule has 0 aliphatic carbocycles. The monoisotopic (exact) mass is 620 g/mol. The number of ether oxygens (including phenoxy) is 1. The summed E-state index contributed by atoms with van der Waals surface area (Å²) >= 11 is 7.27. The molecule has 3 rings (SSSR count). The van der Waals surface area contributed by atoms with Crippen LogP contribution < -0.4 is 21.5 Å². The zero-order valence-corrected chi connectivity index (χ0v) is 24.5. The number of anilines is 2. The van der Waals surface area contributed by atoms with Gasteiger partial charge < -0.3 is 30.2 Å². The summed E-state index contributed by atoms with van der Waals surface area (Å²) in [6.07, 6.45) is -3.44. The second-order valence-corrected chi connectivity index (χ2v) is 12.1. The van der Waals surface area contributed by atoms with Gasteiger partial charge >= 0.3 is 18.2 Å². The molecule has 4 N–H and O–H groups in total. The first kappa shape index (κ1) is 33.8. The van der Waals surface area contributed by atoms with Crippen molar-refractivity contribution in [2.75, 3.05) is 30.8 Å². The number of rotatable bonds is 7. The smallest absolute Gasteiger partial charge is 0.430 e.